The lowest BCUT2D eigenvalue weighted by atomic mass is 10.2. The van der Waals surface area contributed by atoms with Crippen molar-refractivity contribution in [2.75, 3.05) is 11.9 Å². The molecule has 0 atom stereocenters. The highest BCUT2D eigenvalue weighted by atomic mass is 19.1. The molecule has 0 aromatic heterocycles. The first kappa shape index (κ1) is 20.1. The van der Waals surface area contributed by atoms with Gasteiger partial charge in [0.05, 0.1) is 0 Å². The molecule has 27 heavy (non-hydrogen) atoms. The van der Waals surface area contributed by atoms with E-state index in [1.807, 2.05) is 13.0 Å². The van der Waals surface area contributed by atoms with Gasteiger partial charge in [-0.1, -0.05) is 24.3 Å². The second kappa shape index (κ2) is 9.47. The zero-order valence-electron chi connectivity index (χ0n) is 15.3. The Kier molecular flexibility index (Phi) is 7.05. The Morgan fingerprint density at radius 3 is 2.33 bits per heavy atom. The van der Waals surface area contributed by atoms with Crippen LogP contribution in [0.15, 0.2) is 48.5 Å². The lowest BCUT2D eigenvalue weighted by Crippen LogP contribution is -2.35. The number of halogens is 1. The third-order valence-electron chi connectivity index (χ3n) is 3.96. The second-order valence-electron chi connectivity index (χ2n) is 6.00. The van der Waals surface area contributed by atoms with Gasteiger partial charge in [-0.3, -0.25) is 14.4 Å². The Labute approximate surface area is 157 Å². The monoisotopic (exact) mass is 371 g/mol. The predicted molar refractivity (Wildman–Crippen MR) is 100 cm³/mol. The van der Waals surface area contributed by atoms with Crippen LogP contribution in [-0.2, 0) is 27.5 Å². The van der Waals surface area contributed by atoms with E-state index in [9.17, 15) is 18.8 Å². The van der Waals surface area contributed by atoms with Gasteiger partial charge < -0.3 is 15.5 Å². The summed E-state index contributed by atoms with van der Waals surface area (Å²) in [6, 6.07) is 12.6. The van der Waals surface area contributed by atoms with Crippen molar-refractivity contribution in [3.05, 3.63) is 65.5 Å². The molecule has 0 unspecified atom stereocenters. The third-order valence-corrected chi connectivity index (χ3v) is 3.96. The van der Waals surface area contributed by atoms with E-state index < -0.39 is 11.8 Å². The summed E-state index contributed by atoms with van der Waals surface area (Å²) in [6.07, 6.45) is 0. The second-order valence-corrected chi connectivity index (χ2v) is 6.00. The minimum Gasteiger partial charge on any atom is -0.344 e. The molecule has 0 aliphatic carbocycles. The van der Waals surface area contributed by atoms with Crippen molar-refractivity contribution in [1.29, 1.82) is 0 Å². The number of hydrogen-bond donors (Lipinski definition) is 2. The molecule has 142 valence electrons. The van der Waals surface area contributed by atoms with Crippen LogP contribution in [0.1, 0.15) is 25.0 Å². The van der Waals surface area contributed by atoms with Crippen LogP contribution in [0.4, 0.5) is 10.1 Å². The van der Waals surface area contributed by atoms with Crippen molar-refractivity contribution in [2.45, 2.75) is 26.9 Å². The number of hydrogen-bond acceptors (Lipinski definition) is 3. The maximum absolute atomic E-state index is 12.9. The van der Waals surface area contributed by atoms with E-state index in [1.54, 1.807) is 23.1 Å². The molecular formula is C20H22FN3O3. The molecule has 6 nitrogen and oxygen atoms in total. The van der Waals surface area contributed by atoms with Crippen LogP contribution in [0.2, 0.25) is 0 Å². The van der Waals surface area contributed by atoms with Crippen LogP contribution in [0.25, 0.3) is 0 Å². The highest BCUT2D eigenvalue weighted by molar-refractivity contribution is 6.39. The number of nitrogens with zero attached hydrogens (tertiary/aromatic N) is 1. The van der Waals surface area contributed by atoms with Crippen LogP contribution >= 0.6 is 0 Å². The Morgan fingerprint density at radius 2 is 1.70 bits per heavy atom. The molecule has 7 heteroatoms. The van der Waals surface area contributed by atoms with Crippen molar-refractivity contribution < 1.29 is 18.8 Å². The molecule has 2 rings (SSSR count). The highest BCUT2D eigenvalue weighted by Crippen LogP contribution is 2.13. The fraction of sp³-hybridized carbons (Fsp3) is 0.250. The van der Waals surface area contributed by atoms with Gasteiger partial charge in [-0.05, 0) is 42.3 Å². The van der Waals surface area contributed by atoms with Crippen LogP contribution < -0.4 is 10.6 Å². The van der Waals surface area contributed by atoms with E-state index in [4.69, 9.17) is 0 Å². The summed E-state index contributed by atoms with van der Waals surface area (Å²) in [6.45, 7) is 4.51. The topological polar surface area (TPSA) is 78.5 Å². The molecule has 2 aromatic rings. The number of rotatable bonds is 6. The molecule has 2 N–H and O–H groups in total. The van der Waals surface area contributed by atoms with Crippen molar-refractivity contribution in [3.63, 3.8) is 0 Å². The molecule has 0 aliphatic heterocycles. The summed E-state index contributed by atoms with van der Waals surface area (Å²) in [4.78, 5) is 37.2. The predicted octanol–water partition coefficient (Wildman–Crippen LogP) is 2.45. The van der Waals surface area contributed by atoms with Gasteiger partial charge in [0, 0.05) is 32.2 Å². The highest BCUT2D eigenvalue weighted by Gasteiger charge is 2.14. The Balaban J connectivity index is 1.92. The average molecular weight is 371 g/mol. The Morgan fingerprint density at radius 1 is 1.00 bits per heavy atom. The van der Waals surface area contributed by atoms with Crippen LogP contribution in [0.3, 0.4) is 0 Å². The molecular weight excluding hydrogens is 349 g/mol. The van der Waals surface area contributed by atoms with E-state index >= 15 is 0 Å². The first-order valence-electron chi connectivity index (χ1n) is 8.57. The van der Waals surface area contributed by atoms with E-state index in [-0.39, 0.29) is 18.3 Å². The summed E-state index contributed by atoms with van der Waals surface area (Å²) in [5.74, 6) is -1.99. The Bertz CT molecular complexity index is 821. The van der Waals surface area contributed by atoms with E-state index in [0.29, 0.717) is 24.3 Å². The summed E-state index contributed by atoms with van der Waals surface area (Å²) in [5, 5.41) is 5.02. The van der Waals surface area contributed by atoms with E-state index in [0.717, 1.165) is 5.56 Å². The molecule has 0 spiro atoms. The Hall–Kier alpha value is -3.22. The summed E-state index contributed by atoms with van der Waals surface area (Å²) in [5.41, 5.74) is 1.99. The summed E-state index contributed by atoms with van der Waals surface area (Å²) in [7, 11) is 0. The first-order chi connectivity index (χ1) is 12.9. The van der Waals surface area contributed by atoms with Gasteiger partial charge in [-0.15, -0.1) is 0 Å². The molecule has 0 radical (unpaired) electrons. The molecule has 3 amide bonds. The van der Waals surface area contributed by atoms with Crippen LogP contribution in [0.5, 0.6) is 0 Å². The zero-order valence-corrected chi connectivity index (χ0v) is 15.3. The van der Waals surface area contributed by atoms with Crippen LogP contribution in [-0.4, -0.2) is 29.2 Å². The van der Waals surface area contributed by atoms with Crippen molar-refractivity contribution in [3.8, 4) is 0 Å². The fourth-order valence-electron chi connectivity index (χ4n) is 2.47. The normalized spacial score (nSPS) is 10.2. The minimum atomic E-state index is -0.798. The molecule has 0 saturated heterocycles. The summed E-state index contributed by atoms with van der Waals surface area (Å²) >= 11 is 0. The van der Waals surface area contributed by atoms with E-state index in [2.05, 4.69) is 10.6 Å². The number of carbonyl (C=O) groups excluding carboxylic acids is 3. The largest absolute Gasteiger partial charge is 0.344 e. The smallest absolute Gasteiger partial charge is 0.313 e. The summed E-state index contributed by atoms with van der Waals surface area (Å²) < 4.78 is 12.9. The molecule has 0 fully saturated rings. The number of amides is 3. The van der Waals surface area contributed by atoms with Crippen molar-refractivity contribution in [1.82, 2.24) is 10.2 Å². The lowest BCUT2D eigenvalue weighted by molar-refractivity contribution is -0.136. The van der Waals surface area contributed by atoms with E-state index in [1.165, 1.54) is 31.2 Å². The standard InChI is InChI=1S/C20H22FN3O3/c1-3-24(14(2)25)13-16-5-4-6-18(11-16)23-20(27)19(26)22-12-15-7-9-17(21)10-8-15/h4-11H,3,12-13H2,1-2H3,(H,22,26)(H,23,27). The van der Waals surface area contributed by atoms with Gasteiger partial charge in [-0.25, -0.2) is 4.39 Å². The third kappa shape index (κ3) is 6.22. The van der Waals surface area contributed by atoms with Gasteiger partial charge >= 0.3 is 11.8 Å². The van der Waals surface area contributed by atoms with Crippen LogP contribution in [0, 0.1) is 5.82 Å². The lowest BCUT2D eigenvalue weighted by Gasteiger charge is -2.19. The van der Waals surface area contributed by atoms with Crippen molar-refractivity contribution in [2.24, 2.45) is 0 Å². The maximum Gasteiger partial charge on any atom is 0.313 e. The maximum atomic E-state index is 12.9. The quantitative estimate of drug-likeness (QED) is 0.766. The minimum absolute atomic E-state index is 0.0351. The molecule has 0 bridgehead atoms. The SMILES string of the molecule is CCN(Cc1cccc(NC(=O)C(=O)NCc2ccc(F)cc2)c1)C(C)=O. The number of benzene rings is 2. The van der Waals surface area contributed by atoms with Gasteiger partial charge in [0.1, 0.15) is 5.82 Å². The first-order valence-corrected chi connectivity index (χ1v) is 8.57. The average Bonchev–Trinajstić information content (AvgIpc) is 2.65. The van der Waals surface area contributed by atoms with Gasteiger partial charge in [-0.2, -0.15) is 0 Å². The number of nitrogens with one attached hydrogen (secondary N) is 2. The molecule has 0 aliphatic rings. The number of carbonyl (C=O) groups is 3. The zero-order chi connectivity index (χ0) is 19.8. The van der Waals surface area contributed by atoms with Gasteiger partial charge in [0.15, 0.2) is 0 Å². The molecule has 0 heterocycles. The van der Waals surface area contributed by atoms with Crippen molar-refractivity contribution >= 4 is 23.4 Å². The van der Waals surface area contributed by atoms with Gasteiger partial charge in [0.2, 0.25) is 5.91 Å². The molecule has 0 saturated carbocycles. The fourth-order valence-corrected chi connectivity index (χ4v) is 2.47. The van der Waals surface area contributed by atoms with Gasteiger partial charge in [0.25, 0.3) is 0 Å². The number of anilines is 1. The molecule has 2 aromatic carbocycles.